The zero-order chi connectivity index (χ0) is 9.68. The van der Waals surface area contributed by atoms with Crippen molar-refractivity contribution in [3.05, 3.63) is 29.6 Å². The highest BCUT2D eigenvalue weighted by molar-refractivity contribution is 5.19. The first kappa shape index (κ1) is 10.2. The van der Waals surface area contributed by atoms with Crippen molar-refractivity contribution in [3.8, 4) is 0 Å². The zero-order valence-electron chi connectivity index (χ0n) is 8.33. The summed E-state index contributed by atoms with van der Waals surface area (Å²) in [7, 11) is 2.09. The van der Waals surface area contributed by atoms with E-state index in [1.807, 2.05) is 6.07 Å². The highest BCUT2D eigenvalue weighted by Crippen LogP contribution is 2.06. The third-order valence-electron chi connectivity index (χ3n) is 2.16. The van der Waals surface area contributed by atoms with E-state index in [9.17, 15) is 0 Å². The minimum absolute atomic E-state index is 0.522. The first-order chi connectivity index (χ1) is 6.27. The predicted molar refractivity (Wildman–Crippen MR) is 54.1 cm³/mol. The number of hydrogen-bond acceptors (Lipinski definition) is 3. The molecule has 0 aliphatic carbocycles. The summed E-state index contributed by atoms with van der Waals surface area (Å²) >= 11 is 0. The lowest BCUT2D eigenvalue weighted by Crippen LogP contribution is -2.18. The Morgan fingerprint density at radius 1 is 1.54 bits per heavy atom. The molecule has 0 aliphatic rings. The summed E-state index contributed by atoms with van der Waals surface area (Å²) in [6, 6.07) is 4.04. The van der Waals surface area contributed by atoms with E-state index in [4.69, 9.17) is 5.73 Å². The van der Waals surface area contributed by atoms with Gasteiger partial charge in [-0.2, -0.15) is 0 Å². The lowest BCUT2D eigenvalue weighted by molar-refractivity contribution is 0.344. The van der Waals surface area contributed by atoms with Crippen molar-refractivity contribution in [3.63, 3.8) is 0 Å². The van der Waals surface area contributed by atoms with Crippen molar-refractivity contribution in [1.82, 2.24) is 9.88 Å². The Hall–Kier alpha value is -0.930. The van der Waals surface area contributed by atoms with E-state index in [2.05, 4.69) is 29.9 Å². The molecule has 72 valence electrons. The van der Waals surface area contributed by atoms with Gasteiger partial charge in [0.2, 0.25) is 0 Å². The Morgan fingerprint density at radius 3 is 2.92 bits per heavy atom. The van der Waals surface area contributed by atoms with Crippen molar-refractivity contribution < 1.29 is 0 Å². The molecule has 0 aliphatic heterocycles. The molecule has 0 aromatic carbocycles. The van der Waals surface area contributed by atoms with Crippen LogP contribution in [0.1, 0.15) is 18.2 Å². The first-order valence-corrected chi connectivity index (χ1v) is 4.59. The summed E-state index contributed by atoms with van der Waals surface area (Å²) in [5.41, 5.74) is 7.82. The van der Waals surface area contributed by atoms with Gasteiger partial charge < -0.3 is 10.6 Å². The molecule has 3 heteroatoms. The summed E-state index contributed by atoms with van der Waals surface area (Å²) in [6.07, 6.45) is 1.79. The van der Waals surface area contributed by atoms with Gasteiger partial charge in [-0.15, -0.1) is 0 Å². The molecule has 1 rings (SSSR count). The molecule has 0 bridgehead atoms. The standard InChI is InChI=1S/C10H17N3/c1-3-13(2)8-9-5-4-6-12-10(9)7-11/h4-6H,3,7-8,11H2,1-2H3. The van der Waals surface area contributed by atoms with Crippen molar-refractivity contribution in [1.29, 1.82) is 0 Å². The van der Waals surface area contributed by atoms with Crippen molar-refractivity contribution in [2.45, 2.75) is 20.0 Å². The van der Waals surface area contributed by atoms with Gasteiger partial charge in [0, 0.05) is 19.3 Å². The third-order valence-corrected chi connectivity index (χ3v) is 2.16. The van der Waals surface area contributed by atoms with Crippen molar-refractivity contribution in [2.24, 2.45) is 5.73 Å². The number of hydrogen-bond donors (Lipinski definition) is 1. The second-order valence-corrected chi connectivity index (χ2v) is 3.14. The van der Waals surface area contributed by atoms with Gasteiger partial charge in [-0.25, -0.2) is 0 Å². The van der Waals surface area contributed by atoms with Crippen LogP contribution in [0.3, 0.4) is 0 Å². The SMILES string of the molecule is CCN(C)Cc1cccnc1CN. The minimum Gasteiger partial charge on any atom is -0.325 e. The third kappa shape index (κ3) is 2.79. The van der Waals surface area contributed by atoms with Crippen LogP contribution < -0.4 is 5.73 Å². The molecule has 13 heavy (non-hydrogen) atoms. The fraction of sp³-hybridized carbons (Fsp3) is 0.500. The van der Waals surface area contributed by atoms with Gasteiger partial charge in [0.25, 0.3) is 0 Å². The molecule has 0 fully saturated rings. The lowest BCUT2D eigenvalue weighted by Gasteiger charge is -2.15. The molecule has 0 saturated carbocycles. The Kier molecular flexibility index (Phi) is 3.86. The largest absolute Gasteiger partial charge is 0.325 e. The van der Waals surface area contributed by atoms with Crippen LogP contribution in [0.2, 0.25) is 0 Å². The Balaban J connectivity index is 2.74. The molecule has 0 unspecified atom stereocenters. The highest BCUT2D eigenvalue weighted by Gasteiger charge is 2.02. The van der Waals surface area contributed by atoms with E-state index in [0.717, 1.165) is 18.8 Å². The van der Waals surface area contributed by atoms with Crippen molar-refractivity contribution >= 4 is 0 Å². The molecule has 0 amide bonds. The van der Waals surface area contributed by atoms with Crippen LogP contribution >= 0.6 is 0 Å². The van der Waals surface area contributed by atoms with Crippen LogP contribution in [-0.4, -0.2) is 23.5 Å². The molecule has 0 saturated heterocycles. The predicted octanol–water partition coefficient (Wildman–Crippen LogP) is 0.992. The monoisotopic (exact) mass is 179 g/mol. The minimum atomic E-state index is 0.522. The van der Waals surface area contributed by atoms with E-state index in [-0.39, 0.29) is 0 Å². The van der Waals surface area contributed by atoms with Gasteiger partial charge in [0.05, 0.1) is 5.69 Å². The average molecular weight is 179 g/mol. The molecule has 0 atom stereocenters. The lowest BCUT2D eigenvalue weighted by atomic mass is 10.2. The summed E-state index contributed by atoms with van der Waals surface area (Å²) < 4.78 is 0. The van der Waals surface area contributed by atoms with Gasteiger partial charge in [0.15, 0.2) is 0 Å². The molecule has 1 heterocycles. The first-order valence-electron chi connectivity index (χ1n) is 4.59. The van der Waals surface area contributed by atoms with E-state index >= 15 is 0 Å². The molecule has 3 nitrogen and oxygen atoms in total. The zero-order valence-corrected chi connectivity index (χ0v) is 8.33. The molecular weight excluding hydrogens is 162 g/mol. The Morgan fingerprint density at radius 2 is 2.31 bits per heavy atom. The molecule has 0 radical (unpaired) electrons. The average Bonchev–Trinajstić information content (AvgIpc) is 2.18. The van der Waals surface area contributed by atoms with Crippen LogP contribution in [0.15, 0.2) is 18.3 Å². The van der Waals surface area contributed by atoms with Gasteiger partial charge >= 0.3 is 0 Å². The van der Waals surface area contributed by atoms with E-state index < -0.39 is 0 Å². The van der Waals surface area contributed by atoms with E-state index in [1.54, 1.807) is 6.20 Å². The van der Waals surface area contributed by atoms with Crippen LogP contribution in [-0.2, 0) is 13.1 Å². The van der Waals surface area contributed by atoms with Crippen molar-refractivity contribution in [2.75, 3.05) is 13.6 Å². The maximum atomic E-state index is 5.59. The molecule has 1 aromatic heterocycles. The van der Waals surface area contributed by atoms with Crippen LogP contribution in [0, 0.1) is 0 Å². The fourth-order valence-electron chi connectivity index (χ4n) is 1.20. The summed E-state index contributed by atoms with van der Waals surface area (Å²) in [5, 5.41) is 0. The summed E-state index contributed by atoms with van der Waals surface area (Å²) in [5.74, 6) is 0. The van der Waals surface area contributed by atoms with E-state index in [1.165, 1.54) is 5.56 Å². The van der Waals surface area contributed by atoms with Gasteiger partial charge in [-0.1, -0.05) is 13.0 Å². The van der Waals surface area contributed by atoms with Gasteiger partial charge in [-0.3, -0.25) is 4.98 Å². The normalized spacial score (nSPS) is 10.8. The smallest absolute Gasteiger partial charge is 0.0584 e. The van der Waals surface area contributed by atoms with E-state index in [0.29, 0.717) is 6.54 Å². The number of nitrogens with zero attached hydrogens (tertiary/aromatic N) is 2. The maximum Gasteiger partial charge on any atom is 0.0584 e. The second kappa shape index (κ2) is 4.94. The summed E-state index contributed by atoms with van der Waals surface area (Å²) in [6.45, 7) is 4.63. The van der Waals surface area contributed by atoms with Gasteiger partial charge in [0.1, 0.15) is 0 Å². The topological polar surface area (TPSA) is 42.2 Å². The number of rotatable bonds is 4. The number of aromatic nitrogens is 1. The van der Waals surface area contributed by atoms with Crippen LogP contribution in [0.25, 0.3) is 0 Å². The Labute approximate surface area is 79.6 Å². The Bertz CT molecular complexity index is 260. The molecule has 0 spiro atoms. The van der Waals surface area contributed by atoms with Crippen LogP contribution in [0.5, 0.6) is 0 Å². The van der Waals surface area contributed by atoms with Gasteiger partial charge in [-0.05, 0) is 25.2 Å². The highest BCUT2D eigenvalue weighted by atomic mass is 15.1. The fourth-order valence-corrected chi connectivity index (χ4v) is 1.20. The molecule has 1 aromatic rings. The number of nitrogens with two attached hydrogens (primary N) is 1. The number of pyridine rings is 1. The molecular formula is C10H17N3. The quantitative estimate of drug-likeness (QED) is 0.749. The maximum absolute atomic E-state index is 5.59. The van der Waals surface area contributed by atoms with Crippen LogP contribution in [0.4, 0.5) is 0 Å². The second-order valence-electron chi connectivity index (χ2n) is 3.14. The summed E-state index contributed by atoms with van der Waals surface area (Å²) in [4.78, 5) is 6.47. The molecule has 2 N–H and O–H groups in total.